The number of nitrogens with two attached hydrogens (primary N) is 2. The smallest absolute Gasteiger partial charge is 0.397 e. The molecule has 10 nitrogen and oxygen atoms in total. The number of hydrogen-bond donors (Lipinski definition) is 4. The zero-order chi connectivity index (χ0) is 47.5. The summed E-state index contributed by atoms with van der Waals surface area (Å²) in [5.41, 5.74) is 15.4. The van der Waals surface area contributed by atoms with Crippen molar-refractivity contribution in [2.45, 2.75) is 84.7 Å². The van der Waals surface area contributed by atoms with E-state index in [-0.39, 0.29) is 29.3 Å². The number of halogens is 6. The highest BCUT2D eigenvalue weighted by atomic mass is 19.4. The number of nitrogens with one attached hydrogen (secondary N) is 2. The molecule has 2 aliphatic heterocycles. The summed E-state index contributed by atoms with van der Waals surface area (Å²) in [5, 5.41) is 5.47. The van der Waals surface area contributed by atoms with E-state index in [9.17, 15) is 35.9 Å². The summed E-state index contributed by atoms with van der Waals surface area (Å²) in [6.07, 6.45) is -5.93. The summed E-state index contributed by atoms with van der Waals surface area (Å²) >= 11 is 0. The van der Waals surface area contributed by atoms with Crippen LogP contribution in [0, 0.1) is 11.3 Å². The Bertz CT molecular complexity index is 2120. The molecule has 2 aliphatic rings. The predicted molar refractivity (Wildman–Crippen MR) is 251 cm³/mol. The van der Waals surface area contributed by atoms with Crippen molar-refractivity contribution in [1.29, 1.82) is 0 Å². The highest BCUT2D eigenvalue weighted by Gasteiger charge is 2.37. The van der Waals surface area contributed by atoms with Gasteiger partial charge in [0.2, 0.25) is 0 Å². The molecule has 4 aromatic rings. The first-order chi connectivity index (χ1) is 30.5. The normalized spacial score (nSPS) is 15.8. The third kappa shape index (κ3) is 16.2. The van der Waals surface area contributed by atoms with Crippen molar-refractivity contribution >= 4 is 45.9 Å². The zero-order valence-electron chi connectivity index (χ0n) is 38.0. The number of nitrogen functional groups attached to an aromatic ring is 2. The first-order valence-electron chi connectivity index (χ1n) is 22.2. The topological polar surface area (TPSA) is 123 Å². The SMILES string of the molecule is CC(C)(C)CN1CCC(N(CC(F)(F)F)c2ccc(C(=O)Nc3ccccc3N)cc2)CC1.CC(C)CN1CCC(N(CC(F)(F)F)c2ccc(C(=O)Nc3ccccc3N)cc2)CC1. The average Bonchev–Trinajstić information content (AvgIpc) is 3.23. The van der Waals surface area contributed by atoms with Crippen molar-refractivity contribution in [2.75, 3.05) is 84.3 Å². The minimum Gasteiger partial charge on any atom is -0.397 e. The van der Waals surface area contributed by atoms with E-state index < -0.39 is 25.4 Å². The van der Waals surface area contributed by atoms with Crippen LogP contribution in [0.5, 0.6) is 0 Å². The Hall–Kier alpha value is -5.48. The Kier molecular flexibility index (Phi) is 17.2. The monoisotopic (exact) mass is 911 g/mol. The lowest BCUT2D eigenvalue weighted by molar-refractivity contribution is -0.122. The number of carbonyl (C=O) groups excluding carboxylic acids is 2. The molecular weight excluding hydrogens is 847 g/mol. The molecule has 6 N–H and O–H groups in total. The number of likely N-dealkylation sites (tertiary alicyclic amines) is 2. The molecule has 0 saturated carbocycles. The van der Waals surface area contributed by atoms with Gasteiger partial charge in [-0.2, -0.15) is 26.3 Å². The van der Waals surface area contributed by atoms with Crippen LogP contribution in [0.25, 0.3) is 0 Å². The highest BCUT2D eigenvalue weighted by molar-refractivity contribution is 6.06. The maximum atomic E-state index is 13.4. The van der Waals surface area contributed by atoms with E-state index in [1.165, 1.54) is 9.80 Å². The van der Waals surface area contributed by atoms with Gasteiger partial charge in [-0.3, -0.25) is 9.59 Å². The minimum absolute atomic E-state index is 0.152. The second-order valence-corrected chi connectivity index (χ2v) is 18.7. The first kappa shape index (κ1) is 50.5. The lowest BCUT2D eigenvalue weighted by Crippen LogP contribution is -2.49. The third-order valence-corrected chi connectivity index (χ3v) is 11.4. The summed E-state index contributed by atoms with van der Waals surface area (Å²) in [5.74, 6) is -0.195. The van der Waals surface area contributed by atoms with E-state index in [0.29, 0.717) is 76.9 Å². The van der Waals surface area contributed by atoms with Crippen molar-refractivity contribution in [2.24, 2.45) is 11.3 Å². The van der Waals surface area contributed by atoms with Gasteiger partial charge < -0.3 is 41.7 Å². The molecule has 0 unspecified atom stereocenters. The Morgan fingerprint density at radius 3 is 1.28 bits per heavy atom. The number of carbonyl (C=O) groups is 2. The lowest BCUT2D eigenvalue weighted by Gasteiger charge is -2.41. The van der Waals surface area contributed by atoms with Crippen molar-refractivity contribution in [1.82, 2.24) is 9.80 Å². The van der Waals surface area contributed by atoms with Gasteiger partial charge in [-0.15, -0.1) is 0 Å². The quantitative estimate of drug-likeness (QED) is 0.0773. The molecule has 2 amide bonds. The van der Waals surface area contributed by atoms with Gasteiger partial charge >= 0.3 is 12.4 Å². The van der Waals surface area contributed by atoms with E-state index in [2.05, 4.69) is 55.1 Å². The number of piperidine rings is 2. The number of para-hydroxylation sites is 4. The number of rotatable bonds is 13. The average molecular weight is 911 g/mol. The molecule has 2 saturated heterocycles. The van der Waals surface area contributed by atoms with Gasteiger partial charge in [-0.25, -0.2) is 0 Å². The molecule has 0 spiro atoms. The fourth-order valence-corrected chi connectivity index (χ4v) is 8.46. The molecule has 0 radical (unpaired) electrons. The van der Waals surface area contributed by atoms with E-state index >= 15 is 0 Å². The number of benzene rings is 4. The molecule has 2 fully saturated rings. The molecule has 0 aliphatic carbocycles. The van der Waals surface area contributed by atoms with Gasteiger partial charge in [0.15, 0.2) is 0 Å². The van der Waals surface area contributed by atoms with Crippen LogP contribution in [0.1, 0.15) is 81.0 Å². The van der Waals surface area contributed by atoms with Crippen LogP contribution in [-0.4, -0.2) is 98.4 Å². The molecule has 0 atom stereocenters. The molecule has 2 heterocycles. The van der Waals surface area contributed by atoms with E-state index in [1.807, 2.05) is 0 Å². The van der Waals surface area contributed by atoms with Gasteiger partial charge in [0.05, 0.1) is 22.7 Å². The predicted octanol–water partition coefficient (Wildman–Crippen LogP) is 10.4. The number of alkyl halides is 6. The van der Waals surface area contributed by atoms with Crippen LogP contribution in [0.3, 0.4) is 0 Å². The van der Waals surface area contributed by atoms with Crippen LogP contribution in [-0.2, 0) is 0 Å². The molecule has 65 heavy (non-hydrogen) atoms. The summed E-state index contributed by atoms with van der Waals surface area (Å²) in [6, 6.07) is 26.0. The van der Waals surface area contributed by atoms with Crippen molar-refractivity contribution in [3.63, 3.8) is 0 Å². The minimum atomic E-state index is -4.32. The van der Waals surface area contributed by atoms with Crippen molar-refractivity contribution < 1.29 is 35.9 Å². The fourth-order valence-electron chi connectivity index (χ4n) is 8.46. The van der Waals surface area contributed by atoms with Gasteiger partial charge in [0.25, 0.3) is 11.8 Å². The molecule has 6 rings (SSSR count). The number of nitrogens with zero attached hydrogens (tertiary/aromatic N) is 4. The molecule has 354 valence electrons. The number of amides is 2. The van der Waals surface area contributed by atoms with Crippen LogP contribution < -0.4 is 31.9 Å². The fraction of sp³-hybridized carbons (Fsp3) is 0.469. The van der Waals surface area contributed by atoms with Crippen LogP contribution >= 0.6 is 0 Å². The van der Waals surface area contributed by atoms with Crippen LogP contribution in [0.4, 0.5) is 60.5 Å². The largest absolute Gasteiger partial charge is 0.405 e. The van der Waals surface area contributed by atoms with E-state index in [1.54, 1.807) is 97.1 Å². The third-order valence-electron chi connectivity index (χ3n) is 11.4. The van der Waals surface area contributed by atoms with Gasteiger partial charge in [0, 0.05) is 73.9 Å². The Morgan fingerprint density at radius 1 is 0.600 bits per heavy atom. The van der Waals surface area contributed by atoms with Crippen LogP contribution in [0.15, 0.2) is 97.1 Å². The maximum Gasteiger partial charge on any atom is 0.405 e. The van der Waals surface area contributed by atoms with Gasteiger partial charge in [-0.1, -0.05) is 58.9 Å². The summed E-state index contributed by atoms with van der Waals surface area (Å²) < 4.78 is 80.3. The first-order valence-corrected chi connectivity index (χ1v) is 22.2. The standard InChI is InChI=1S/C25H33F3N4O.C24H31F3N4O/c1-24(2,3)16-31-14-12-20(13-15-31)32(17-25(26,27)28)19-10-8-18(9-11-19)23(33)30-22-7-5-4-6-21(22)29;1-17(2)15-30-13-11-20(12-14-30)31(16-24(25,26)27)19-9-7-18(8-10-19)23(32)29-22-6-4-3-5-21(22)28/h4-11,20H,12-17,29H2,1-3H3,(H,30,33);3-10,17,20H,11-16,28H2,1-2H3,(H,29,32). The summed E-state index contributed by atoms with van der Waals surface area (Å²) in [7, 11) is 0. The summed E-state index contributed by atoms with van der Waals surface area (Å²) in [6.45, 7) is 13.8. The van der Waals surface area contributed by atoms with Crippen LogP contribution in [0.2, 0.25) is 0 Å². The summed E-state index contributed by atoms with van der Waals surface area (Å²) in [4.78, 5) is 32.6. The van der Waals surface area contributed by atoms with Gasteiger partial charge in [-0.05, 0) is 110 Å². The Balaban J connectivity index is 0.000000244. The van der Waals surface area contributed by atoms with Gasteiger partial charge in [0.1, 0.15) is 13.1 Å². The molecule has 4 aromatic carbocycles. The van der Waals surface area contributed by atoms with Crippen molar-refractivity contribution in [3.8, 4) is 0 Å². The Labute approximate surface area is 379 Å². The second-order valence-electron chi connectivity index (χ2n) is 18.7. The van der Waals surface area contributed by atoms with E-state index in [0.717, 1.165) is 39.3 Å². The molecule has 0 aromatic heterocycles. The number of anilines is 6. The number of hydrogen-bond acceptors (Lipinski definition) is 8. The molecular formula is C49H64F6N8O2. The van der Waals surface area contributed by atoms with Crippen molar-refractivity contribution in [3.05, 3.63) is 108 Å². The Morgan fingerprint density at radius 2 is 0.954 bits per heavy atom. The zero-order valence-corrected chi connectivity index (χ0v) is 38.0. The second kappa shape index (κ2) is 22.1. The molecule has 0 bridgehead atoms. The highest BCUT2D eigenvalue weighted by Crippen LogP contribution is 2.32. The lowest BCUT2D eigenvalue weighted by atomic mass is 9.93. The molecule has 16 heteroatoms. The maximum absolute atomic E-state index is 13.4. The van der Waals surface area contributed by atoms with E-state index in [4.69, 9.17) is 11.5 Å².